The number of aryl methyl sites for hydroxylation is 3. The highest BCUT2D eigenvalue weighted by Crippen LogP contribution is 2.18. The van der Waals surface area contributed by atoms with Gasteiger partial charge in [-0.25, -0.2) is 4.98 Å². The normalized spacial score (nSPS) is 10.6. The zero-order valence-electron chi connectivity index (χ0n) is 9.02. The summed E-state index contributed by atoms with van der Waals surface area (Å²) in [5.74, 6) is 5.49. The molecule has 0 aliphatic carbocycles. The molecule has 2 rings (SSSR count). The third-order valence-electron chi connectivity index (χ3n) is 2.33. The Labute approximate surface area is 87.9 Å². The Morgan fingerprint density at radius 2 is 1.73 bits per heavy atom. The van der Waals surface area contributed by atoms with Gasteiger partial charge in [-0.3, -0.25) is 4.98 Å². The summed E-state index contributed by atoms with van der Waals surface area (Å²) in [6, 6.07) is 1.83. The third-order valence-corrected chi connectivity index (χ3v) is 2.33. The van der Waals surface area contributed by atoms with E-state index in [-0.39, 0.29) is 0 Å². The molecule has 0 saturated heterocycles. The molecule has 15 heavy (non-hydrogen) atoms. The molecule has 0 radical (unpaired) electrons. The predicted octanol–water partition coefficient (Wildman–Crippen LogP) is 0.979. The van der Waals surface area contributed by atoms with E-state index in [0.717, 1.165) is 28.5 Å². The molecule has 0 unspecified atom stereocenters. The van der Waals surface area contributed by atoms with Crippen LogP contribution < -0.4 is 5.84 Å². The number of hydrogen-bond donors (Lipinski definition) is 1. The standard InChI is InChI=1S/C10H13N5/c1-6-7(2)13-10(8(3)12-6)9-4-5-15(11)14-9/h4-5H,11H2,1-3H3. The summed E-state index contributed by atoms with van der Waals surface area (Å²) < 4.78 is 0. The van der Waals surface area contributed by atoms with E-state index in [1.54, 1.807) is 6.20 Å². The molecule has 0 fully saturated rings. The van der Waals surface area contributed by atoms with Crippen molar-refractivity contribution in [2.24, 2.45) is 0 Å². The minimum Gasteiger partial charge on any atom is -0.323 e. The van der Waals surface area contributed by atoms with Gasteiger partial charge in [0.15, 0.2) is 0 Å². The van der Waals surface area contributed by atoms with E-state index in [1.807, 2.05) is 26.8 Å². The molecule has 0 bridgehead atoms. The van der Waals surface area contributed by atoms with E-state index in [0.29, 0.717) is 0 Å². The van der Waals surface area contributed by atoms with Gasteiger partial charge in [0.25, 0.3) is 0 Å². The summed E-state index contributed by atoms with van der Waals surface area (Å²) >= 11 is 0. The van der Waals surface area contributed by atoms with Crippen LogP contribution in [0.15, 0.2) is 12.3 Å². The van der Waals surface area contributed by atoms with Crippen LogP contribution in [-0.4, -0.2) is 19.9 Å². The predicted molar refractivity (Wildman–Crippen MR) is 57.6 cm³/mol. The quantitative estimate of drug-likeness (QED) is 0.701. The lowest BCUT2D eigenvalue weighted by atomic mass is 10.2. The summed E-state index contributed by atoms with van der Waals surface area (Å²) in [4.78, 5) is 10.1. The minimum atomic E-state index is 0.755. The highest BCUT2D eigenvalue weighted by Gasteiger charge is 2.09. The molecule has 0 spiro atoms. The van der Waals surface area contributed by atoms with E-state index in [4.69, 9.17) is 5.84 Å². The van der Waals surface area contributed by atoms with Crippen LogP contribution in [0.2, 0.25) is 0 Å². The lowest BCUT2D eigenvalue weighted by molar-refractivity contribution is 0.832. The van der Waals surface area contributed by atoms with E-state index in [9.17, 15) is 0 Å². The van der Waals surface area contributed by atoms with Gasteiger partial charge in [-0.05, 0) is 26.8 Å². The maximum atomic E-state index is 5.49. The van der Waals surface area contributed by atoms with Gasteiger partial charge in [-0.1, -0.05) is 0 Å². The molecule has 5 heteroatoms. The summed E-state index contributed by atoms with van der Waals surface area (Å²) in [7, 11) is 0. The van der Waals surface area contributed by atoms with Crippen molar-refractivity contribution in [1.29, 1.82) is 0 Å². The average molecular weight is 203 g/mol. The largest absolute Gasteiger partial charge is 0.323 e. The molecule has 0 aromatic carbocycles. The van der Waals surface area contributed by atoms with Crippen LogP contribution in [0.3, 0.4) is 0 Å². The van der Waals surface area contributed by atoms with Crippen LogP contribution in [0.5, 0.6) is 0 Å². The Morgan fingerprint density at radius 3 is 2.33 bits per heavy atom. The number of rotatable bonds is 1. The number of nitrogens with two attached hydrogens (primary N) is 1. The zero-order chi connectivity index (χ0) is 11.0. The Bertz CT molecular complexity index is 501. The highest BCUT2D eigenvalue weighted by atomic mass is 15.5. The lowest BCUT2D eigenvalue weighted by Crippen LogP contribution is -2.08. The molecule has 78 valence electrons. The van der Waals surface area contributed by atoms with E-state index in [2.05, 4.69) is 15.1 Å². The molecule has 0 aliphatic heterocycles. The third kappa shape index (κ3) is 1.68. The Hall–Kier alpha value is -1.91. The summed E-state index contributed by atoms with van der Waals surface area (Å²) in [5.41, 5.74) is 4.29. The van der Waals surface area contributed by atoms with Crippen molar-refractivity contribution in [2.75, 3.05) is 5.84 Å². The second-order valence-corrected chi connectivity index (χ2v) is 3.51. The summed E-state index contributed by atoms with van der Waals surface area (Å²) in [5, 5.41) is 4.10. The van der Waals surface area contributed by atoms with Gasteiger partial charge in [0.1, 0.15) is 11.4 Å². The average Bonchev–Trinajstić information content (AvgIpc) is 2.58. The van der Waals surface area contributed by atoms with Crippen molar-refractivity contribution in [3.8, 4) is 11.4 Å². The molecule has 0 atom stereocenters. The van der Waals surface area contributed by atoms with E-state index in [1.165, 1.54) is 4.79 Å². The maximum Gasteiger partial charge on any atom is 0.115 e. The molecule has 0 saturated carbocycles. The molecule has 2 heterocycles. The maximum absolute atomic E-state index is 5.49. The van der Waals surface area contributed by atoms with Gasteiger partial charge >= 0.3 is 0 Å². The van der Waals surface area contributed by atoms with Gasteiger partial charge in [-0.15, -0.1) is 0 Å². The lowest BCUT2D eigenvalue weighted by Gasteiger charge is -2.05. The molecule has 2 aromatic rings. The topological polar surface area (TPSA) is 69.6 Å². The minimum absolute atomic E-state index is 0.755. The first kappa shape index (κ1) is 9.64. The van der Waals surface area contributed by atoms with Crippen molar-refractivity contribution in [1.82, 2.24) is 19.9 Å². The fourth-order valence-electron chi connectivity index (χ4n) is 1.42. The Kier molecular flexibility index (Phi) is 2.15. The smallest absolute Gasteiger partial charge is 0.115 e. The van der Waals surface area contributed by atoms with Gasteiger partial charge < -0.3 is 5.84 Å². The van der Waals surface area contributed by atoms with Crippen molar-refractivity contribution in [2.45, 2.75) is 20.8 Å². The fourth-order valence-corrected chi connectivity index (χ4v) is 1.42. The van der Waals surface area contributed by atoms with Crippen LogP contribution >= 0.6 is 0 Å². The van der Waals surface area contributed by atoms with Gasteiger partial charge in [0.05, 0.1) is 17.1 Å². The number of nitrogen functional groups attached to an aromatic ring is 1. The highest BCUT2D eigenvalue weighted by molar-refractivity contribution is 5.56. The molecule has 5 nitrogen and oxygen atoms in total. The van der Waals surface area contributed by atoms with Crippen molar-refractivity contribution in [3.05, 3.63) is 29.3 Å². The SMILES string of the molecule is Cc1nc(C)c(-c2ccn(N)n2)nc1C. The Balaban J connectivity index is 2.58. The molecular formula is C10H13N5. The first-order valence-electron chi connectivity index (χ1n) is 4.71. The zero-order valence-corrected chi connectivity index (χ0v) is 9.02. The fraction of sp³-hybridized carbons (Fsp3) is 0.300. The van der Waals surface area contributed by atoms with Crippen LogP contribution in [0.1, 0.15) is 17.1 Å². The first-order chi connectivity index (χ1) is 7.08. The number of hydrogen-bond acceptors (Lipinski definition) is 4. The van der Waals surface area contributed by atoms with E-state index < -0.39 is 0 Å². The van der Waals surface area contributed by atoms with Gasteiger partial charge in [-0.2, -0.15) is 9.89 Å². The second-order valence-electron chi connectivity index (χ2n) is 3.51. The molecule has 2 N–H and O–H groups in total. The monoisotopic (exact) mass is 203 g/mol. The van der Waals surface area contributed by atoms with Crippen LogP contribution in [-0.2, 0) is 0 Å². The Morgan fingerprint density at radius 1 is 1.07 bits per heavy atom. The van der Waals surface area contributed by atoms with Crippen molar-refractivity contribution in [3.63, 3.8) is 0 Å². The number of nitrogens with zero attached hydrogens (tertiary/aromatic N) is 4. The van der Waals surface area contributed by atoms with Crippen molar-refractivity contribution < 1.29 is 0 Å². The molecule has 0 aliphatic rings. The second kappa shape index (κ2) is 3.34. The summed E-state index contributed by atoms with van der Waals surface area (Å²) in [6.45, 7) is 5.80. The number of aromatic nitrogens is 4. The molecular weight excluding hydrogens is 190 g/mol. The van der Waals surface area contributed by atoms with Gasteiger partial charge in [0, 0.05) is 6.20 Å². The van der Waals surface area contributed by atoms with Crippen LogP contribution in [0.25, 0.3) is 11.4 Å². The van der Waals surface area contributed by atoms with E-state index >= 15 is 0 Å². The van der Waals surface area contributed by atoms with Crippen LogP contribution in [0.4, 0.5) is 0 Å². The first-order valence-corrected chi connectivity index (χ1v) is 4.71. The van der Waals surface area contributed by atoms with Gasteiger partial charge in [0.2, 0.25) is 0 Å². The van der Waals surface area contributed by atoms with Crippen molar-refractivity contribution >= 4 is 0 Å². The summed E-state index contributed by atoms with van der Waals surface area (Å²) in [6.07, 6.45) is 1.69. The van der Waals surface area contributed by atoms with Crippen LogP contribution in [0, 0.1) is 20.8 Å². The molecule has 0 amide bonds. The molecule has 2 aromatic heterocycles.